The smallest absolute Gasteiger partial charge is 0.291 e. The van der Waals surface area contributed by atoms with Crippen LogP contribution < -0.4 is 10.2 Å². The van der Waals surface area contributed by atoms with E-state index in [-0.39, 0.29) is 11.7 Å². The summed E-state index contributed by atoms with van der Waals surface area (Å²) in [6, 6.07) is 16.5. The number of halogens is 2. The van der Waals surface area contributed by atoms with E-state index in [0.29, 0.717) is 16.5 Å². The number of anilines is 2. The highest BCUT2D eigenvalue weighted by atomic mass is 79.9. The lowest BCUT2D eigenvalue weighted by atomic mass is 10.2. The second-order valence-electron chi connectivity index (χ2n) is 6.39. The number of benzene rings is 2. The summed E-state index contributed by atoms with van der Waals surface area (Å²) in [6.07, 6.45) is 0. The Morgan fingerprint density at radius 3 is 2.50 bits per heavy atom. The van der Waals surface area contributed by atoms with Crippen molar-refractivity contribution in [1.82, 2.24) is 0 Å². The molecule has 2 aromatic carbocycles. The third kappa shape index (κ3) is 4.24. The molecule has 1 saturated heterocycles. The van der Waals surface area contributed by atoms with Crippen LogP contribution in [-0.2, 0) is 4.74 Å². The van der Waals surface area contributed by atoms with Crippen molar-refractivity contribution in [2.24, 2.45) is 0 Å². The van der Waals surface area contributed by atoms with Crippen molar-refractivity contribution >= 4 is 44.8 Å². The van der Waals surface area contributed by atoms with Crippen molar-refractivity contribution in [1.29, 1.82) is 0 Å². The Morgan fingerprint density at radius 1 is 1.04 bits per heavy atom. The van der Waals surface area contributed by atoms with Gasteiger partial charge in [-0.15, -0.1) is 0 Å². The van der Waals surface area contributed by atoms with Gasteiger partial charge in [-0.2, -0.15) is 0 Å². The number of nitrogens with zero attached hydrogens (tertiary/aromatic N) is 1. The van der Waals surface area contributed by atoms with Crippen LogP contribution >= 0.6 is 27.5 Å². The molecule has 0 radical (unpaired) electrons. The average molecular weight is 462 g/mol. The molecule has 1 aromatic heterocycles. The number of hydrogen-bond acceptors (Lipinski definition) is 4. The molecular weight excluding hydrogens is 444 g/mol. The van der Waals surface area contributed by atoms with Crippen LogP contribution in [0.15, 0.2) is 63.5 Å². The molecule has 0 aliphatic carbocycles. The fraction of sp³-hybridized carbons (Fsp3) is 0.190. The lowest BCUT2D eigenvalue weighted by Gasteiger charge is -2.29. The van der Waals surface area contributed by atoms with Crippen molar-refractivity contribution in [3.8, 4) is 11.3 Å². The normalized spacial score (nSPS) is 14.1. The fourth-order valence-electron chi connectivity index (χ4n) is 3.07. The molecule has 1 amide bonds. The molecule has 144 valence electrons. The Bertz CT molecular complexity index is 982. The molecule has 0 spiro atoms. The minimum atomic E-state index is -0.300. The Balaban J connectivity index is 1.46. The number of hydrogen-bond donors (Lipinski definition) is 1. The quantitative estimate of drug-likeness (QED) is 0.561. The molecule has 1 fully saturated rings. The van der Waals surface area contributed by atoms with Gasteiger partial charge in [-0.3, -0.25) is 4.79 Å². The molecule has 7 heteroatoms. The van der Waals surface area contributed by atoms with Crippen LogP contribution in [0.4, 0.5) is 11.4 Å². The summed E-state index contributed by atoms with van der Waals surface area (Å²) in [5.74, 6) is 0.565. The van der Waals surface area contributed by atoms with E-state index in [2.05, 4.69) is 26.1 Å². The van der Waals surface area contributed by atoms with Gasteiger partial charge in [0.2, 0.25) is 0 Å². The van der Waals surface area contributed by atoms with Gasteiger partial charge in [0.05, 0.1) is 18.9 Å². The molecule has 0 atom stereocenters. The maximum absolute atomic E-state index is 12.5. The lowest BCUT2D eigenvalue weighted by molar-refractivity contribution is 0.0997. The number of amides is 1. The first-order valence-corrected chi connectivity index (χ1v) is 10.1. The summed E-state index contributed by atoms with van der Waals surface area (Å²) >= 11 is 9.51. The standard InChI is InChI=1S/C21H18BrClN2O3/c22-17-13-16(5-6-18(17)25-9-11-27-12-10-25)24-21(26)20-8-7-19(28-20)14-1-3-15(23)4-2-14/h1-8,13H,9-12H2,(H,24,26). The number of nitrogens with one attached hydrogen (secondary N) is 1. The molecule has 1 aliphatic heterocycles. The van der Waals surface area contributed by atoms with Gasteiger partial charge in [0, 0.05) is 33.8 Å². The van der Waals surface area contributed by atoms with Crippen LogP contribution in [-0.4, -0.2) is 32.2 Å². The number of morpholine rings is 1. The van der Waals surface area contributed by atoms with E-state index in [9.17, 15) is 4.79 Å². The second-order valence-corrected chi connectivity index (χ2v) is 7.68. The minimum Gasteiger partial charge on any atom is -0.451 e. The van der Waals surface area contributed by atoms with Crippen LogP contribution in [0.3, 0.4) is 0 Å². The Hall–Kier alpha value is -2.28. The topological polar surface area (TPSA) is 54.7 Å². The van der Waals surface area contributed by atoms with Crippen LogP contribution in [0.5, 0.6) is 0 Å². The van der Waals surface area contributed by atoms with E-state index in [1.54, 1.807) is 24.3 Å². The van der Waals surface area contributed by atoms with Gasteiger partial charge < -0.3 is 19.4 Å². The summed E-state index contributed by atoms with van der Waals surface area (Å²) in [7, 11) is 0. The van der Waals surface area contributed by atoms with Crippen LogP contribution in [0.25, 0.3) is 11.3 Å². The predicted octanol–water partition coefficient (Wildman–Crippen LogP) is 5.45. The largest absolute Gasteiger partial charge is 0.451 e. The molecular formula is C21H18BrClN2O3. The highest BCUT2D eigenvalue weighted by Gasteiger charge is 2.16. The number of carbonyl (C=O) groups is 1. The third-order valence-electron chi connectivity index (χ3n) is 4.52. The average Bonchev–Trinajstić information content (AvgIpc) is 3.20. The van der Waals surface area contributed by atoms with Gasteiger partial charge in [0.1, 0.15) is 5.76 Å². The first-order chi connectivity index (χ1) is 13.6. The molecule has 0 unspecified atom stereocenters. The summed E-state index contributed by atoms with van der Waals surface area (Å²) in [6.45, 7) is 3.15. The molecule has 1 N–H and O–H groups in total. The SMILES string of the molecule is O=C(Nc1ccc(N2CCOCC2)c(Br)c1)c1ccc(-c2ccc(Cl)cc2)o1. The number of rotatable bonds is 4. The molecule has 5 nitrogen and oxygen atoms in total. The van der Waals surface area contributed by atoms with Crippen LogP contribution in [0, 0.1) is 0 Å². The van der Waals surface area contributed by atoms with Gasteiger partial charge in [-0.1, -0.05) is 11.6 Å². The van der Waals surface area contributed by atoms with Crippen molar-refractivity contribution in [2.75, 3.05) is 36.5 Å². The van der Waals surface area contributed by atoms with E-state index in [1.807, 2.05) is 30.3 Å². The third-order valence-corrected chi connectivity index (χ3v) is 5.40. The zero-order valence-electron chi connectivity index (χ0n) is 15.0. The number of carbonyl (C=O) groups excluding carboxylic acids is 1. The van der Waals surface area contributed by atoms with Crippen molar-refractivity contribution in [3.05, 3.63) is 69.9 Å². The summed E-state index contributed by atoms with van der Waals surface area (Å²) in [5, 5.41) is 3.53. The highest BCUT2D eigenvalue weighted by Crippen LogP contribution is 2.30. The summed E-state index contributed by atoms with van der Waals surface area (Å²) < 4.78 is 12.0. The Morgan fingerprint density at radius 2 is 1.79 bits per heavy atom. The van der Waals surface area contributed by atoms with Crippen LogP contribution in [0.1, 0.15) is 10.6 Å². The molecule has 0 bridgehead atoms. The number of ether oxygens (including phenoxy) is 1. The predicted molar refractivity (Wildman–Crippen MR) is 114 cm³/mol. The first kappa shape index (κ1) is 19.1. The molecule has 4 rings (SSSR count). The van der Waals surface area contributed by atoms with E-state index in [0.717, 1.165) is 42.0 Å². The van der Waals surface area contributed by atoms with Gasteiger partial charge >= 0.3 is 0 Å². The van der Waals surface area contributed by atoms with Crippen molar-refractivity contribution < 1.29 is 13.9 Å². The van der Waals surface area contributed by atoms with Crippen LogP contribution in [0.2, 0.25) is 5.02 Å². The number of furan rings is 1. The first-order valence-electron chi connectivity index (χ1n) is 8.89. The van der Waals surface area contributed by atoms with Gasteiger partial charge in [0.25, 0.3) is 5.91 Å². The van der Waals surface area contributed by atoms with Crippen molar-refractivity contribution in [3.63, 3.8) is 0 Å². The van der Waals surface area contributed by atoms with Crippen molar-refractivity contribution in [2.45, 2.75) is 0 Å². The van der Waals surface area contributed by atoms with E-state index in [4.69, 9.17) is 20.8 Å². The Kier molecular flexibility index (Phi) is 5.71. The van der Waals surface area contributed by atoms with E-state index in [1.165, 1.54) is 0 Å². The maximum Gasteiger partial charge on any atom is 0.291 e. The van der Waals surface area contributed by atoms with Gasteiger partial charge in [0.15, 0.2) is 5.76 Å². The zero-order chi connectivity index (χ0) is 19.5. The second kappa shape index (κ2) is 8.39. The lowest BCUT2D eigenvalue weighted by Crippen LogP contribution is -2.36. The molecule has 0 saturated carbocycles. The molecule has 28 heavy (non-hydrogen) atoms. The van der Waals surface area contributed by atoms with E-state index < -0.39 is 0 Å². The molecule has 1 aliphatic rings. The van der Waals surface area contributed by atoms with Gasteiger partial charge in [-0.25, -0.2) is 0 Å². The molecule has 3 aromatic rings. The monoisotopic (exact) mass is 460 g/mol. The van der Waals surface area contributed by atoms with Gasteiger partial charge in [-0.05, 0) is 70.5 Å². The zero-order valence-corrected chi connectivity index (χ0v) is 17.3. The maximum atomic E-state index is 12.5. The Labute approximate surface area is 176 Å². The fourth-order valence-corrected chi connectivity index (χ4v) is 3.82. The van der Waals surface area contributed by atoms with E-state index >= 15 is 0 Å². The summed E-state index contributed by atoms with van der Waals surface area (Å²) in [5.41, 5.74) is 2.64. The highest BCUT2D eigenvalue weighted by molar-refractivity contribution is 9.10. The minimum absolute atomic E-state index is 0.248. The summed E-state index contributed by atoms with van der Waals surface area (Å²) in [4.78, 5) is 14.8. The molecule has 2 heterocycles.